The number of epoxide rings is 1. The Morgan fingerprint density at radius 1 is 1.21 bits per heavy atom. The van der Waals surface area contributed by atoms with Crippen LogP contribution in [0.3, 0.4) is 0 Å². The number of nitrogens with one attached hydrogen (secondary N) is 2. The molecular formula is C25H27FN6O2. The predicted molar refractivity (Wildman–Crippen MR) is 127 cm³/mol. The molecule has 2 N–H and O–H groups in total. The van der Waals surface area contributed by atoms with Gasteiger partial charge in [0.2, 0.25) is 0 Å². The topological polar surface area (TPSA) is 81.7 Å². The molecule has 4 aliphatic rings. The molecule has 34 heavy (non-hydrogen) atoms. The number of aromatic amines is 1. The number of aromatic nitrogens is 3. The molecule has 176 valence electrons. The number of H-pyrrole nitrogens is 1. The van der Waals surface area contributed by atoms with Crippen LogP contribution in [-0.4, -0.2) is 64.0 Å². The quantitative estimate of drug-likeness (QED) is 0.566. The van der Waals surface area contributed by atoms with Gasteiger partial charge in [0.15, 0.2) is 6.23 Å². The van der Waals surface area contributed by atoms with E-state index >= 15 is 0 Å². The molecule has 9 heteroatoms. The van der Waals surface area contributed by atoms with E-state index < -0.39 is 0 Å². The number of para-hydroxylation sites is 1. The van der Waals surface area contributed by atoms with Crippen LogP contribution in [0, 0.1) is 5.82 Å². The first-order chi connectivity index (χ1) is 16.6. The SMILES string of the molecule is O=c1ccc2c3n1[C@H](CN1CCC(NCc4nc5cccc(F)c5[nH]4)CC1)CN3C1OC1C=C2. The Bertz CT molecular complexity index is 1340. The zero-order valence-electron chi connectivity index (χ0n) is 18.8. The highest BCUT2D eigenvalue weighted by Crippen LogP contribution is 2.42. The lowest BCUT2D eigenvalue weighted by Gasteiger charge is -2.34. The van der Waals surface area contributed by atoms with Gasteiger partial charge in [-0.15, -0.1) is 0 Å². The molecule has 1 aromatic carbocycles. The zero-order chi connectivity index (χ0) is 22.8. The van der Waals surface area contributed by atoms with Crippen molar-refractivity contribution < 1.29 is 9.13 Å². The molecule has 3 aromatic rings. The zero-order valence-corrected chi connectivity index (χ0v) is 18.8. The number of fused-ring (bicyclic) bond motifs is 3. The molecule has 6 heterocycles. The van der Waals surface area contributed by atoms with Gasteiger partial charge in [0, 0.05) is 30.8 Å². The van der Waals surface area contributed by atoms with E-state index in [2.05, 4.69) is 37.2 Å². The molecule has 7 rings (SSSR count). The van der Waals surface area contributed by atoms with Gasteiger partial charge in [-0.05, 0) is 44.1 Å². The normalized spacial score (nSPS) is 26.0. The predicted octanol–water partition coefficient (Wildman–Crippen LogP) is 2.23. The Balaban J connectivity index is 0.986. The minimum atomic E-state index is -0.270. The smallest absolute Gasteiger partial charge is 0.252 e. The lowest BCUT2D eigenvalue weighted by atomic mass is 10.0. The molecule has 0 radical (unpaired) electrons. The van der Waals surface area contributed by atoms with Crippen molar-refractivity contribution in [2.75, 3.05) is 31.1 Å². The maximum atomic E-state index is 13.9. The molecule has 2 aromatic heterocycles. The molecule has 0 bridgehead atoms. The fourth-order valence-corrected chi connectivity index (χ4v) is 5.80. The molecule has 0 amide bonds. The fraction of sp³-hybridized carbons (Fsp3) is 0.440. The van der Waals surface area contributed by atoms with Crippen molar-refractivity contribution >= 4 is 22.9 Å². The number of hydrogen-bond acceptors (Lipinski definition) is 6. The number of pyridine rings is 1. The molecule has 0 saturated carbocycles. The van der Waals surface area contributed by atoms with E-state index in [-0.39, 0.29) is 29.8 Å². The number of rotatable bonds is 5. The Labute approximate surface area is 196 Å². The van der Waals surface area contributed by atoms with Crippen LogP contribution in [0.25, 0.3) is 17.1 Å². The Kier molecular flexibility index (Phi) is 4.65. The van der Waals surface area contributed by atoms with Gasteiger partial charge in [0.1, 0.15) is 29.1 Å². The summed E-state index contributed by atoms with van der Waals surface area (Å²) in [7, 11) is 0. The molecule has 2 fully saturated rings. The second kappa shape index (κ2) is 7.76. The summed E-state index contributed by atoms with van der Waals surface area (Å²) >= 11 is 0. The fourth-order valence-electron chi connectivity index (χ4n) is 5.80. The number of benzene rings is 1. The van der Waals surface area contributed by atoms with Crippen LogP contribution in [0.5, 0.6) is 0 Å². The van der Waals surface area contributed by atoms with Crippen LogP contribution in [0.4, 0.5) is 10.2 Å². The molecule has 3 atom stereocenters. The van der Waals surface area contributed by atoms with Gasteiger partial charge < -0.3 is 24.8 Å². The van der Waals surface area contributed by atoms with Crippen molar-refractivity contribution in [3.8, 4) is 0 Å². The first-order valence-corrected chi connectivity index (χ1v) is 12.1. The van der Waals surface area contributed by atoms with Gasteiger partial charge >= 0.3 is 0 Å². The van der Waals surface area contributed by atoms with Gasteiger partial charge in [-0.2, -0.15) is 0 Å². The van der Waals surface area contributed by atoms with Crippen molar-refractivity contribution in [2.24, 2.45) is 0 Å². The molecule has 0 aliphatic carbocycles. The first-order valence-electron chi connectivity index (χ1n) is 12.1. The summed E-state index contributed by atoms with van der Waals surface area (Å²) in [4.78, 5) is 25.1. The summed E-state index contributed by atoms with van der Waals surface area (Å²) in [6.45, 7) is 4.24. The van der Waals surface area contributed by atoms with E-state index in [0.29, 0.717) is 23.6 Å². The summed E-state index contributed by atoms with van der Waals surface area (Å²) < 4.78 is 21.7. The number of halogens is 1. The van der Waals surface area contributed by atoms with Crippen molar-refractivity contribution in [1.82, 2.24) is 24.8 Å². The molecule has 2 unspecified atom stereocenters. The highest BCUT2D eigenvalue weighted by Gasteiger charge is 2.48. The first kappa shape index (κ1) is 20.4. The largest absolute Gasteiger partial charge is 0.343 e. The van der Waals surface area contributed by atoms with E-state index in [9.17, 15) is 9.18 Å². The maximum Gasteiger partial charge on any atom is 0.252 e. The van der Waals surface area contributed by atoms with Gasteiger partial charge in [0.25, 0.3) is 5.56 Å². The van der Waals surface area contributed by atoms with Crippen LogP contribution in [0.2, 0.25) is 0 Å². The van der Waals surface area contributed by atoms with E-state index in [1.165, 1.54) is 6.07 Å². The average Bonchev–Trinajstić information content (AvgIpc) is 3.36. The van der Waals surface area contributed by atoms with Crippen LogP contribution in [0.1, 0.15) is 30.3 Å². The number of anilines is 1. The number of ether oxygens (including phenoxy) is 1. The Morgan fingerprint density at radius 3 is 2.94 bits per heavy atom. The average molecular weight is 463 g/mol. The number of likely N-dealkylation sites (tertiary alicyclic amines) is 1. The molecule has 2 saturated heterocycles. The molecular weight excluding hydrogens is 435 g/mol. The number of nitrogens with zero attached hydrogens (tertiary/aromatic N) is 4. The van der Waals surface area contributed by atoms with Gasteiger partial charge in [-0.3, -0.25) is 9.36 Å². The number of imidazole rings is 1. The number of piperidine rings is 1. The van der Waals surface area contributed by atoms with Crippen molar-refractivity contribution in [2.45, 2.75) is 43.8 Å². The van der Waals surface area contributed by atoms with Crippen LogP contribution in [0.15, 0.2) is 41.2 Å². The van der Waals surface area contributed by atoms with E-state index in [4.69, 9.17) is 4.74 Å². The van der Waals surface area contributed by atoms with E-state index in [0.717, 1.165) is 56.2 Å². The summed E-state index contributed by atoms with van der Waals surface area (Å²) in [6.07, 6.45) is 6.45. The van der Waals surface area contributed by atoms with Gasteiger partial charge in [-0.25, -0.2) is 9.37 Å². The highest BCUT2D eigenvalue weighted by molar-refractivity contribution is 5.75. The summed E-state index contributed by atoms with van der Waals surface area (Å²) in [6, 6.07) is 9.10. The third-order valence-corrected chi connectivity index (χ3v) is 7.58. The summed E-state index contributed by atoms with van der Waals surface area (Å²) in [5.41, 5.74) is 2.30. The summed E-state index contributed by atoms with van der Waals surface area (Å²) in [5.74, 6) is 1.50. The maximum absolute atomic E-state index is 13.9. The van der Waals surface area contributed by atoms with Crippen molar-refractivity contribution in [3.63, 3.8) is 0 Å². The second-order valence-corrected chi connectivity index (χ2v) is 9.75. The molecule has 4 aliphatic heterocycles. The van der Waals surface area contributed by atoms with Crippen LogP contribution in [-0.2, 0) is 11.3 Å². The Hall–Kier alpha value is -3.01. The standard InChI is InChI=1S/C25H27FN6O2/c26-18-2-1-3-19-23(18)29-21(28-19)12-27-16-8-10-30(11-9-16)13-17-14-31-24-15(4-6-20-25(31)34-20)5-7-22(33)32(17)24/h1-7,16-17,20,25,27H,8-14H2,(H,28,29)/t17-,20?,25?/m1/s1. The minimum absolute atomic E-state index is 0.0669. The van der Waals surface area contributed by atoms with E-state index in [1.807, 2.05) is 16.7 Å². The van der Waals surface area contributed by atoms with Gasteiger partial charge in [0.05, 0.1) is 18.1 Å². The molecule has 8 nitrogen and oxygen atoms in total. The van der Waals surface area contributed by atoms with Crippen molar-refractivity contribution in [3.05, 3.63) is 64.0 Å². The summed E-state index contributed by atoms with van der Waals surface area (Å²) in [5, 5.41) is 3.58. The monoisotopic (exact) mass is 462 g/mol. The number of hydrogen-bond donors (Lipinski definition) is 2. The van der Waals surface area contributed by atoms with Crippen LogP contribution >= 0.6 is 0 Å². The second-order valence-electron chi connectivity index (χ2n) is 9.75. The molecule has 0 spiro atoms. The minimum Gasteiger partial charge on any atom is -0.343 e. The third-order valence-electron chi connectivity index (χ3n) is 7.58. The Morgan fingerprint density at radius 2 is 2.09 bits per heavy atom. The lowest BCUT2D eigenvalue weighted by molar-refractivity contribution is 0.176. The van der Waals surface area contributed by atoms with Crippen molar-refractivity contribution in [1.29, 1.82) is 0 Å². The van der Waals surface area contributed by atoms with E-state index in [1.54, 1.807) is 12.1 Å². The lowest BCUT2D eigenvalue weighted by Crippen LogP contribution is -2.45. The third kappa shape index (κ3) is 3.38. The van der Waals surface area contributed by atoms with Gasteiger partial charge in [-0.1, -0.05) is 18.2 Å². The van der Waals surface area contributed by atoms with Crippen LogP contribution < -0.4 is 15.8 Å². The highest BCUT2D eigenvalue weighted by atomic mass is 19.1.